The van der Waals surface area contributed by atoms with Gasteiger partial charge in [0.2, 0.25) is 5.91 Å². The zero-order valence-electron chi connectivity index (χ0n) is 14.9. The number of carbonyl (C=O) groups excluding carboxylic acids is 1. The Labute approximate surface area is 166 Å². The maximum Gasteiger partial charge on any atom is 0.335 e. The van der Waals surface area contributed by atoms with E-state index >= 15 is 0 Å². The number of fused-ring (bicyclic) bond motifs is 2. The number of amides is 1. The van der Waals surface area contributed by atoms with Crippen molar-refractivity contribution in [3.8, 4) is 11.8 Å². The average molecular weight is 397 g/mol. The van der Waals surface area contributed by atoms with Crippen LogP contribution >= 0.6 is 11.6 Å². The molecule has 2 aliphatic rings. The van der Waals surface area contributed by atoms with Gasteiger partial charge in [0.05, 0.1) is 33.7 Å². The fraction of sp³-hybridized carbons (Fsp3) is 0.286. The molecule has 1 amide bonds. The number of aromatic carboxylic acids is 1. The van der Waals surface area contributed by atoms with Gasteiger partial charge in [0.1, 0.15) is 5.75 Å². The van der Waals surface area contributed by atoms with Crippen molar-refractivity contribution in [1.82, 2.24) is 0 Å². The van der Waals surface area contributed by atoms with Crippen molar-refractivity contribution in [3.05, 3.63) is 58.1 Å². The molecule has 1 aliphatic heterocycles. The second kappa shape index (κ2) is 6.84. The molecule has 7 heteroatoms. The Morgan fingerprint density at radius 2 is 2.00 bits per heavy atom. The Balaban J connectivity index is 1.53. The van der Waals surface area contributed by atoms with E-state index in [1.54, 1.807) is 30.3 Å². The fourth-order valence-electron chi connectivity index (χ4n) is 4.09. The van der Waals surface area contributed by atoms with Crippen molar-refractivity contribution in [3.63, 3.8) is 0 Å². The van der Waals surface area contributed by atoms with Gasteiger partial charge >= 0.3 is 5.97 Å². The van der Waals surface area contributed by atoms with E-state index in [1.165, 1.54) is 6.07 Å². The minimum atomic E-state index is -1.01. The molecule has 2 N–H and O–H groups in total. The molecule has 0 bridgehead atoms. The molecular formula is C21H17ClN2O4. The van der Waals surface area contributed by atoms with Crippen molar-refractivity contribution in [2.24, 2.45) is 0 Å². The minimum Gasteiger partial charge on any atom is -0.489 e. The molecule has 0 atom stereocenters. The summed E-state index contributed by atoms with van der Waals surface area (Å²) in [5, 5.41) is 21.5. The van der Waals surface area contributed by atoms with Crippen molar-refractivity contribution in [2.45, 2.75) is 37.2 Å². The van der Waals surface area contributed by atoms with E-state index in [0.29, 0.717) is 47.7 Å². The van der Waals surface area contributed by atoms with Gasteiger partial charge in [-0.05, 0) is 67.6 Å². The Kier molecular flexibility index (Phi) is 4.48. The highest BCUT2D eigenvalue weighted by atomic mass is 35.5. The van der Waals surface area contributed by atoms with E-state index in [0.717, 1.165) is 5.56 Å². The lowest BCUT2D eigenvalue weighted by molar-refractivity contribution is -0.122. The van der Waals surface area contributed by atoms with Crippen molar-refractivity contribution >= 4 is 29.2 Å². The number of nitriles is 1. The predicted octanol–water partition coefficient (Wildman–Crippen LogP) is 4.12. The summed E-state index contributed by atoms with van der Waals surface area (Å²) in [4.78, 5) is 24.1. The van der Waals surface area contributed by atoms with Gasteiger partial charge in [-0.25, -0.2) is 4.79 Å². The summed E-state index contributed by atoms with van der Waals surface area (Å²) in [5.74, 6) is -0.573. The number of nitrogens with zero attached hydrogens (tertiary/aromatic N) is 1. The summed E-state index contributed by atoms with van der Waals surface area (Å²) >= 11 is 6.19. The zero-order valence-corrected chi connectivity index (χ0v) is 15.6. The molecule has 2 aromatic rings. The summed E-state index contributed by atoms with van der Waals surface area (Å²) in [6.45, 7) is 0. The Morgan fingerprint density at radius 3 is 2.64 bits per heavy atom. The molecule has 2 aromatic carbocycles. The average Bonchev–Trinajstić information content (AvgIpc) is 2.96. The highest BCUT2D eigenvalue weighted by Crippen LogP contribution is 2.48. The number of hydrogen-bond acceptors (Lipinski definition) is 4. The number of nitrogens with one attached hydrogen (secondary N) is 1. The quantitative estimate of drug-likeness (QED) is 0.812. The number of anilines is 1. The Bertz CT molecular complexity index is 1020. The molecule has 1 heterocycles. The molecule has 1 spiro atoms. The summed E-state index contributed by atoms with van der Waals surface area (Å²) in [5.41, 5.74) is 1.37. The lowest BCUT2D eigenvalue weighted by atomic mass is 9.69. The number of hydrogen-bond donors (Lipinski definition) is 2. The first-order valence-corrected chi connectivity index (χ1v) is 9.36. The van der Waals surface area contributed by atoms with Crippen LogP contribution in [0, 0.1) is 11.3 Å². The molecule has 4 rings (SSSR count). The smallest absolute Gasteiger partial charge is 0.335 e. The Hall–Kier alpha value is -3.04. The van der Waals surface area contributed by atoms with Crippen LogP contribution in [0.2, 0.25) is 5.02 Å². The first kappa shape index (κ1) is 18.3. The SMILES string of the molecule is N#Cc1ccc(O[C@H]2CC[C@@]3(CC2)C(=O)Nc2ccc(C(=O)O)cc23)c(Cl)c1. The third-order valence-electron chi connectivity index (χ3n) is 5.61. The van der Waals surface area contributed by atoms with Gasteiger partial charge < -0.3 is 15.2 Å². The molecule has 28 heavy (non-hydrogen) atoms. The van der Waals surface area contributed by atoms with Gasteiger partial charge in [0, 0.05) is 5.69 Å². The Morgan fingerprint density at radius 1 is 1.25 bits per heavy atom. The number of carboxylic acids is 1. The second-order valence-electron chi connectivity index (χ2n) is 7.18. The fourth-order valence-corrected chi connectivity index (χ4v) is 4.32. The van der Waals surface area contributed by atoms with E-state index < -0.39 is 11.4 Å². The van der Waals surface area contributed by atoms with Crippen molar-refractivity contribution in [1.29, 1.82) is 5.26 Å². The highest BCUT2D eigenvalue weighted by Gasteiger charge is 2.49. The zero-order chi connectivity index (χ0) is 19.9. The molecule has 0 unspecified atom stereocenters. The van der Waals surface area contributed by atoms with Gasteiger partial charge in [-0.3, -0.25) is 4.79 Å². The lowest BCUT2D eigenvalue weighted by Gasteiger charge is -2.36. The monoisotopic (exact) mass is 396 g/mol. The third-order valence-corrected chi connectivity index (χ3v) is 5.90. The highest BCUT2D eigenvalue weighted by molar-refractivity contribution is 6.32. The molecule has 142 valence electrons. The van der Waals surface area contributed by atoms with E-state index in [9.17, 15) is 14.7 Å². The number of carbonyl (C=O) groups is 2. The summed E-state index contributed by atoms with van der Waals surface area (Å²) in [7, 11) is 0. The summed E-state index contributed by atoms with van der Waals surface area (Å²) in [6.07, 6.45) is 2.30. The maximum absolute atomic E-state index is 12.7. The van der Waals surface area contributed by atoms with E-state index in [-0.39, 0.29) is 17.6 Å². The first-order valence-electron chi connectivity index (χ1n) is 8.98. The number of benzene rings is 2. The molecule has 6 nitrogen and oxygen atoms in total. The van der Waals surface area contributed by atoms with Crippen LogP contribution < -0.4 is 10.1 Å². The van der Waals surface area contributed by atoms with Crippen molar-refractivity contribution in [2.75, 3.05) is 5.32 Å². The molecular weight excluding hydrogens is 380 g/mol. The predicted molar refractivity (Wildman–Crippen MR) is 103 cm³/mol. The molecule has 0 radical (unpaired) electrons. The van der Waals surface area contributed by atoms with Crippen LogP contribution in [0.5, 0.6) is 5.75 Å². The minimum absolute atomic E-state index is 0.0834. The van der Waals surface area contributed by atoms with Crippen LogP contribution in [0.4, 0.5) is 5.69 Å². The van der Waals surface area contributed by atoms with Crippen LogP contribution in [0.15, 0.2) is 36.4 Å². The lowest BCUT2D eigenvalue weighted by Crippen LogP contribution is -2.41. The van der Waals surface area contributed by atoms with Gasteiger partial charge in [0.15, 0.2) is 0 Å². The normalized spacial score (nSPS) is 23.0. The first-order chi connectivity index (χ1) is 13.4. The number of halogens is 1. The van der Waals surface area contributed by atoms with Gasteiger partial charge in [0.25, 0.3) is 0 Å². The molecule has 1 aliphatic carbocycles. The van der Waals surface area contributed by atoms with Crippen LogP contribution in [-0.2, 0) is 10.2 Å². The molecule has 1 saturated carbocycles. The number of rotatable bonds is 3. The third kappa shape index (κ3) is 2.98. The van der Waals surface area contributed by atoms with E-state index in [2.05, 4.69) is 5.32 Å². The summed E-state index contributed by atoms with van der Waals surface area (Å²) in [6, 6.07) is 11.7. The maximum atomic E-state index is 12.7. The molecule has 1 fully saturated rings. The van der Waals surface area contributed by atoms with Gasteiger partial charge in [-0.2, -0.15) is 5.26 Å². The standard InChI is InChI=1S/C21H17ClN2O4/c22-16-9-12(11-23)1-4-18(16)28-14-5-7-21(8-6-14)15-10-13(19(25)26)2-3-17(15)24-20(21)27/h1-4,9-10,14H,5-8H2,(H,24,27)(H,25,26)/t14-,21-. The van der Waals surface area contributed by atoms with Gasteiger partial charge in [-0.1, -0.05) is 11.6 Å². The second-order valence-corrected chi connectivity index (χ2v) is 7.58. The van der Waals surface area contributed by atoms with Crippen molar-refractivity contribution < 1.29 is 19.4 Å². The van der Waals surface area contributed by atoms with Crippen LogP contribution in [0.1, 0.15) is 47.2 Å². The topological polar surface area (TPSA) is 99.4 Å². The number of ether oxygens (including phenoxy) is 1. The van der Waals surface area contributed by atoms with E-state index in [4.69, 9.17) is 21.6 Å². The van der Waals surface area contributed by atoms with Crippen LogP contribution in [0.3, 0.4) is 0 Å². The van der Waals surface area contributed by atoms with Crippen LogP contribution in [0.25, 0.3) is 0 Å². The van der Waals surface area contributed by atoms with Gasteiger partial charge in [-0.15, -0.1) is 0 Å². The largest absolute Gasteiger partial charge is 0.489 e. The number of carboxylic acid groups (broad SMARTS) is 1. The van der Waals surface area contributed by atoms with Crippen LogP contribution in [-0.4, -0.2) is 23.1 Å². The molecule has 0 aromatic heterocycles. The van der Waals surface area contributed by atoms with E-state index in [1.807, 2.05) is 6.07 Å². The molecule has 0 saturated heterocycles. The summed E-state index contributed by atoms with van der Waals surface area (Å²) < 4.78 is 6.01.